The van der Waals surface area contributed by atoms with E-state index in [-0.39, 0.29) is 6.04 Å². The molecule has 0 saturated carbocycles. The van der Waals surface area contributed by atoms with Gasteiger partial charge in [-0.05, 0) is 39.3 Å². The molecular formula is C21H29ClN6O. The predicted molar refractivity (Wildman–Crippen MR) is 118 cm³/mol. The van der Waals surface area contributed by atoms with Crippen molar-refractivity contribution >= 4 is 23.4 Å². The highest BCUT2D eigenvalue weighted by molar-refractivity contribution is 6.32. The van der Waals surface area contributed by atoms with E-state index in [9.17, 15) is 0 Å². The highest BCUT2D eigenvalue weighted by atomic mass is 35.5. The number of nitrogens with zero attached hydrogens (tertiary/aromatic N) is 4. The maximum absolute atomic E-state index is 6.30. The van der Waals surface area contributed by atoms with Crippen molar-refractivity contribution in [1.82, 2.24) is 20.6 Å². The van der Waals surface area contributed by atoms with Crippen LogP contribution in [0.5, 0.6) is 5.75 Å². The van der Waals surface area contributed by atoms with Gasteiger partial charge in [0, 0.05) is 49.2 Å². The molecule has 29 heavy (non-hydrogen) atoms. The number of aromatic nitrogens is 2. The molecule has 8 heteroatoms. The lowest BCUT2D eigenvalue weighted by molar-refractivity contribution is 0.407. The van der Waals surface area contributed by atoms with E-state index in [1.54, 1.807) is 13.3 Å². The topological polar surface area (TPSA) is 74.7 Å². The van der Waals surface area contributed by atoms with Gasteiger partial charge in [-0.3, -0.25) is 4.98 Å². The van der Waals surface area contributed by atoms with Crippen molar-refractivity contribution in [3.8, 4) is 5.75 Å². The second-order valence-corrected chi connectivity index (χ2v) is 7.53. The lowest BCUT2D eigenvalue weighted by Crippen LogP contribution is -2.44. The van der Waals surface area contributed by atoms with E-state index in [0.717, 1.165) is 60.4 Å². The van der Waals surface area contributed by atoms with E-state index in [2.05, 4.69) is 32.4 Å². The average molecular weight is 417 g/mol. The fourth-order valence-corrected chi connectivity index (χ4v) is 3.82. The number of guanidine groups is 1. The molecule has 0 aliphatic carbocycles. The Morgan fingerprint density at radius 1 is 1.38 bits per heavy atom. The first-order valence-electron chi connectivity index (χ1n) is 9.92. The summed E-state index contributed by atoms with van der Waals surface area (Å²) in [5.74, 6) is 2.50. The first-order chi connectivity index (χ1) is 14.0. The molecule has 3 heterocycles. The highest BCUT2D eigenvalue weighted by Gasteiger charge is 2.25. The Labute approximate surface area is 177 Å². The Kier molecular flexibility index (Phi) is 7.14. The summed E-state index contributed by atoms with van der Waals surface area (Å²) in [4.78, 5) is 15.9. The third kappa shape index (κ3) is 5.09. The molecule has 3 rings (SSSR count). The third-order valence-corrected chi connectivity index (χ3v) is 5.34. The van der Waals surface area contributed by atoms with Gasteiger partial charge in [0.15, 0.2) is 5.96 Å². The van der Waals surface area contributed by atoms with Crippen LogP contribution in [0.3, 0.4) is 0 Å². The minimum Gasteiger partial charge on any atom is -0.496 e. The smallest absolute Gasteiger partial charge is 0.191 e. The molecule has 1 unspecified atom stereocenters. The molecule has 0 bridgehead atoms. The van der Waals surface area contributed by atoms with Gasteiger partial charge in [-0.15, -0.1) is 0 Å². The second-order valence-electron chi connectivity index (χ2n) is 7.13. The number of hydrogen-bond donors (Lipinski definition) is 2. The number of anilines is 1. The van der Waals surface area contributed by atoms with Crippen molar-refractivity contribution in [3.63, 3.8) is 0 Å². The van der Waals surface area contributed by atoms with E-state index < -0.39 is 0 Å². The number of rotatable bonds is 6. The molecule has 0 aromatic carbocycles. The van der Waals surface area contributed by atoms with Crippen LogP contribution in [0.1, 0.15) is 30.2 Å². The average Bonchev–Trinajstić information content (AvgIpc) is 3.16. The summed E-state index contributed by atoms with van der Waals surface area (Å²) in [5, 5.41) is 7.54. The predicted octanol–water partition coefficient (Wildman–Crippen LogP) is 3.09. The van der Waals surface area contributed by atoms with E-state index in [1.165, 1.54) is 0 Å². The lowest BCUT2D eigenvalue weighted by Gasteiger charge is -2.20. The third-order valence-electron chi connectivity index (χ3n) is 5.05. The van der Waals surface area contributed by atoms with Gasteiger partial charge in [-0.25, -0.2) is 9.98 Å². The van der Waals surface area contributed by atoms with Crippen LogP contribution in [-0.4, -0.2) is 48.7 Å². The Morgan fingerprint density at radius 2 is 2.21 bits per heavy atom. The molecule has 0 spiro atoms. The molecular weight excluding hydrogens is 388 g/mol. The number of aliphatic imine (C=N–C) groups is 1. The van der Waals surface area contributed by atoms with Crippen LogP contribution in [-0.2, 0) is 6.54 Å². The fraction of sp³-hybridized carbons (Fsp3) is 0.476. The minimum atomic E-state index is 0.271. The van der Waals surface area contributed by atoms with Gasteiger partial charge in [-0.2, -0.15) is 0 Å². The summed E-state index contributed by atoms with van der Waals surface area (Å²) < 4.78 is 5.50. The first kappa shape index (κ1) is 21.2. The van der Waals surface area contributed by atoms with Crippen molar-refractivity contribution in [2.45, 2.75) is 39.8 Å². The van der Waals surface area contributed by atoms with E-state index in [4.69, 9.17) is 21.3 Å². The molecule has 1 atom stereocenters. The normalized spacial score (nSPS) is 16.8. The summed E-state index contributed by atoms with van der Waals surface area (Å²) in [5.41, 5.74) is 2.98. The van der Waals surface area contributed by atoms with Gasteiger partial charge in [0.05, 0.1) is 24.4 Å². The van der Waals surface area contributed by atoms with Gasteiger partial charge >= 0.3 is 0 Å². The van der Waals surface area contributed by atoms with Gasteiger partial charge in [0.2, 0.25) is 0 Å². The monoisotopic (exact) mass is 416 g/mol. The molecule has 2 aromatic heterocycles. The number of halogens is 1. The van der Waals surface area contributed by atoms with Crippen LogP contribution in [0.15, 0.2) is 29.5 Å². The molecule has 7 nitrogen and oxygen atoms in total. The summed E-state index contributed by atoms with van der Waals surface area (Å²) in [7, 11) is 1.69. The Morgan fingerprint density at radius 3 is 2.93 bits per heavy atom. The maximum atomic E-state index is 6.30. The summed E-state index contributed by atoms with van der Waals surface area (Å²) in [6.45, 7) is 9.09. The molecule has 2 N–H and O–H groups in total. The van der Waals surface area contributed by atoms with Crippen LogP contribution in [0, 0.1) is 13.8 Å². The summed E-state index contributed by atoms with van der Waals surface area (Å²) >= 11 is 6.30. The van der Waals surface area contributed by atoms with Crippen LogP contribution in [0.2, 0.25) is 5.02 Å². The number of pyridine rings is 2. The Hall–Kier alpha value is -2.54. The van der Waals surface area contributed by atoms with Gasteiger partial charge in [0.25, 0.3) is 0 Å². The molecule has 1 aliphatic rings. The van der Waals surface area contributed by atoms with Crippen LogP contribution in [0.4, 0.5) is 5.82 Å². The SMILES string of the molecule is CCNC(=NCc1ncc(C)c(OC)c1C)NC1CCN(c2ncccc2Cl)C1. The fourth-order valence-electron chi connectivity index (χ4n) is 3.58. The molecule has 1 aliphatic heterocycles. The number of methoxy groups -OCH3 is 1. The number of ether oxygens (including phenoxy) is 1. The summed E-state index contributed by atoms with van der Waals surface area (Å²) in [6, 6.07) is 4.00. The van der Waals surface area contributed by atoms with Crippen molar-refractivity contribution < 1.29 is 4.74 Å². The largest absolute Gasteiger partial charge is 0.496 e. The second kappa shape index (κ2) is 9.78. The maximum Gasteiger partial charge on any atom is 0.191 e. The molecule has 1 saturated heterocycles. The standard InChI is InChI=1S/C21H29ClN6O/c1-5-23-21(26-12-18-15(3)19(29-4)14(2)11-25-18)27-16-8-10-28(13-16)20-17(22)7-6-9-24-20/h6-7,9,11,16H,5,8,10,12-13H2,1-4H3,(H2,23,26,27). The van der Waals surface area contributed by atoms with Crippen LogP contribution >= 0.6 is 11.6 Å². The van der Waals surface area contributed by atoms with Gasteiger partial charge in [-0.1, -0.05) is 11.6 Å². The summed E-state index contributed by atoms with van der Waals surface area (Å²) in [6.07, 6.45) is 4.61. The van der Waals surface area contributed by atoms with E-state index in [1.807, 2.05) is 32.2 Å². The quantitative estimate of drug-likeness (QED) is 0.556. The molecule has 2 aromatic rings. The lowest BCUT2D eigenvalue weighted by atomic mass is 10.1. The molecule has 0 amide bonds. The molecule has 0 radical (unpaired) electrons. The molecule has 156 valence electrons. The minimum absolute atomic E-state index is 0.271. The highest BCUT2D eigenvalue weighted by Crippen LogP contribution is 2.26. The number of nitrogens with one attached hydrogen (secondary N) is 2. The van der Waals surface area contributed by atoms with Crippen molar-refractivity contribution in [3.05, 3.63) is 46.4 Å². The zero-order valence-electron chi connectivity index (χ0n) is 17.5. The van der Waals surface area contributed by atoms with Crippen LogP contribution < -0.4 is 20.3 Å². The molecule has 1 fully saturated rings. The first-order valence-corrected chi connectivity index (χ1v) is 10.3. The van der Waals surface area contributed by atoms with E-state index >= 15 is 0 Å². The van der Waals surface area contributed by atoms with Gasteiger partial charge < -0.3 is 20.3 Å². The Balaban J connectivity index is 1.67. The number of aryl methyl sites for hydroxylation is 1. The van der Waals surface area contributed by atoms with Crippen molar-refractivity contribution in [2.24, 2.45) is 4.99 Å². The van der Waals surface area contributed by atoms with E-state index in [0.29, 0.717) is 11.6 Å². The Bertz CT molecular complexity index is 872. The zero-order valence-corrected chi connectivity index (χ0v) is 18.3. The van der Waals surface area contributed by atoms with Gasteiger partial charge in [0.1, 0.15) is 11.6 Å². The number of hydrogen-bond acceptors (Lipinski definition) is 5. The van der Waals surface area contributed by atoms with Crippen LogP contribution in [0.25, 0.3) is 0 Å². The van der Waals surface area contributed by atoms with Crippen molar-refractivity contribution in [2.75, 3.05) is 31.6 Å². The van der Waals surface area contributed by atoms with Crippen molar-refractivity contribution in [1.29, 1.82) is 0 Å². The zero-order chi connectivity index (χ0) is 20.8.